The molecule has 102 valence electrons. The van der Waals surface area contributed by atoms with Gasteiger partial charge in [-0.05, 0) is 42.6 Å². The lowest BCUT2D eigenvalue weighted by Crippen LogP contribution is -2.26. The van der Waals surface area contributed by atoms with Gasteiger partial charge >= 0.3 is 0 Å². The standard InChI is InChI=1S/C18H20N2/c1-19-11-12-20-17-8-3-2-5-14(17)9-10-15-6-4-7-16(13-19)18(15)20/h2-8H,9-13H2,1H3. The lowest BCUT2D eigenvalue weighted by molar-refractivity contribution is 0.343. The predicted octanol–water partition coefficient (Wildman–Crippen LogP) is 3.37. The van der Waals surface area contributed by atoms with E-state index in [-0.39, 0.29) is 0 Å². The highest BCUT2D eigenvalue weighted by Gasteiger charge is 2.25. The minimum Gasteiger partial charge on any atom is -0.339 e. The molecule has 2 heterocycles. The van der Waals surface area contributed by atoms with Crippen LogP contribution in [-0.2, 0) is 19.4 Å². The van der Waals surface area contributed by atoms with Crippen LogP contribution in [-0.4, -0.2) is 25.0 Å². The highest BCUT2D eigenvalue weighted by Crippen LogP contribution is 2.39. The topological polar surface area (TPSA) is 6.48 Å². The first-order valence-corrected chi connectivity index (χ1v) is 7.48. The fourth-order valence-electron chi connectivity index (χ4n) is 3.57. The van der Waals surface area contributed by atoms with Gasteiger partial charge in [0.15, 0.2) is 0 Å². The average Bonchev–Trinajstić information content (AvgIpc) is 2.73. The molecule has 20 heavy (non-hydrogen) atoms. The zero-order valence-corrected chi connectivity index (χ0v) is 12.0. The summed E-state index contributed by atoms with van der Waals surface area (Å²) >= 11 is 0. The number of para-hydroxylation sites is 2. The van der Waals surface area contributed by atoms with E-state index in [1.807, 2.05) is 0 Å². The van der Waals surface area contributed by atoms with E-state index < -0.39 is 0 Å². The van der Waals surface area contributed by atoms with E-state index in [0.717, 1.165) is 32.5 Å². The van der Waals surface area contributed by atoms with Crippen molar-refractivity contribution in [1.82, 2.24) is 4.90 Å². The number of likely N-dealkylation sites (N-methyl/N-ethyl adjacent to an activating group) is 1. The molecule has 0 bridgehead atoms. The number of hydrogen-bond acceptors (Lipinski definition) is 2. The SMILES string of the molecule is CN1CCN2c3ccccc3CCc3cccc(c32)C1. The molecule has 0 spiro atoms. The lowest BCUT2D eigenvalue weighted by atomic mass is 10.0. The number of anilines is 2. The van der Waals surface area contributed by atoms with Crippen molar-refractivity contribution >= 4 is 11.4 Å². The van der Waals surface area contributed by atoms with Gasteiger partial charge in [0.05, 0.1) is 0 Å². The molecule has 0 aliphatic carbocycles. The number of nitrogens with zero attached hydrogens (tertiary/aromatic N) is 2. The Bertz CT molecular complexity index is 648. The largest absolute Gasteiger partial charge is 0.339 e. The van der Waals surface area contributed by atoms with Gasteiger partial charge in [0.25, 0.3) is 0 Å². The molecule has 0 amide bonds. The van der Waals surface area contributed by atoms with Crippen LogP contribution in [0.1, 0.15) is 16.7 Å². The summed E-state index contributed by atoms with van der Waals surface area (Å²) in [5.74, 6) is 0. The van der Waals surface area contributed by atoms with E-state index in [2.05, 4.69) is 59.3 Å². The Kier molecular flexibility index (Phi) is 2.78. The van der Waals surface area contributed by atoms with Crippen LogP contribution in [0, 0.1) is 0 Å². The fourth-order valence-corrected chi connectivity index (χ4v) is 3.57. The monoisotopic (exact) mass is 264 g/mol. The number of rotatable bonds is 0. The van der Waals surface area contributed by atoms with E-state index in [1.165, 1.54) is 28.1 Å². The molecular weight excluding hydrogens is 244 g/mol. The van der Waals surface area contributed by atoms with Gasteiger partial charge in [-0.3, -0.25) is 0 Å². The summed E-state index contributed by atoms with van der Waals surface area (Å²) in [6.07, 6.45) is 2.30. The fraction of sp³-hybridized carbons (Fsp3) is 0.333. The molecule has 0 atom stereocenters. The van der Waals surface area contributed by atoms with E-state index in [1.54, 1.807) is 0 Å². The quantitative estimate of drug-likeness (QED) is 0.720. The first-order valence-electron chi connectivity index (χ1n) is 7.48. The summed E-state index contributed by atoms with van der Waals surface area (Å²) in [5, 5.41) is 0. The van der Waals surface area contributed by atoms with Gasteiger partial charge in [-0.2, -0.15) is 0 Å². The normalized spacial score (nSPS) is 17.9. The van der Waals surface area contributed by atoms with E-state index in [0.29, 0.717) is 0 Å². The van der Waals surface area contributed by atoms with Gasteiger partial charge in [0.2, 0.25) is 0 Å². The Labute approximate surface area is 120 Å². The van der Waals surface area contributed by atoms with Crippen molar-refractivity contribution < 1.29 is 0 Å². The van der Waals surface area contributed by atoms with Crippen LogP contribution in [0.15, 0.2) is 42.5 Å². The van der Waals surface area contributed by atoms with Crippen LogP contribution in [0.25, 0.3) is 0 Å². The van der Waals surface area contributed by atoms with Gasteiger partial charge in [0, 0.05) is 31.0 Å². The molecule has 2 aromatic carbocycles. The van der Waals surface area contributed by atoms with Crippen molar-refractivity contribution in [2.24, 2.45) is 0 Å². The molecule has 2 aromatic rings. The minimum atomic E-state index is 1.06. The van der Waals surface area contributed by atoms with Crippen LogP contribution in [0.3, 0.4) is 0 Å². The molecule has 0 unspecified atom stereocenters. The third-order valence-corrected chi connectivity index (χ3v) is 4.56. The van der Waals surface area contributed by atoms with Crippen molar-refractivity contribution in [3.05, 3.63) is 59.2 Å². The third-order valence-electron chi connectivity index (χ3n) is 4.56. The maximum atomic E-state index is 2.55. The van der Waals surface area contributed by atoms with Crippen molar-refractivity contribution in [1.29, 1.82) is 0 Å². The second-order valence-electron chi connectivity index (χ2n) is 5.94. The first-order chi connectivity index (χ1) is 9.83. The van der Waals surface area contributed by atoms with Crippen LogP contribution < -0.4 is 4.90 Å². The molecule has 0 saturated heterocycles. The minimum absolute atomic E-state index is 1.06. The summed E-state index contributed by atoms with van der Waals surface area (Å²) in [7, 11) is 2.22. The first kappa shape index (κ1) is 12.0. The number of benzene rings is 2. The molecule has 0 aromatic heterocycles. The number of aryl methyl sites for hydroxylation is 2. The van der Waals surface area contributed by atoms with E-state index >= 15 is 0 Å². The van der Waals surface area contributed by atoms with E-state index in [9.17, 15) is 0 Å². The van der Waals surface area contributed by atoms with Crippen molar-refractivity contribution in [3.63, 3.8) is 0 Å². The second kappa shape index (κ2) is 4.64. The lowest BCUT2D eigenvalue weighted by Gasteiger charge is -2.26. The predicted molar refractivity (Wildman–Crippen MR) is 83.6 cm³/mol. The zero-order chi connectivity index (χ0) is 13.5. The van der Waals surface area contributed by atoms with Gasteiger partial charge in [0.1, 0.15) is 0 Å². The molecule has 4 rings (SSSR count). The van der Waals surface area contributed by atoms with Crippen LogP contribution in [0.4, 0.5) is 11.4 Å². The average molecular weight is 264 g/mol. The van der Waals surface area contributed by atoms with Crippen molar-refractivity contribution in [3.8, 4) is 0 Å². The molecule has 0 N–H and O–H groups in total. The Morgan fingerprint density at radius 3 is 2.50 bits per heavy atom. The Morgan fingerprint density at radius 1 is 0.800 bits per heavy atom. The molecular formula is C18H20N2. The van der Waals surface area contributed by atoms with E-state index in [4.69, 9.17) is 0 Å². The summed E-state index contributed by atoms with van der Waals surface area (Å²) < 4.78 is 0. The van der Waals surface area contributed by atoms with Crippen LogP contribution >= 0.6 is 0 Å². The molecule has 0 saturated carbocycles. The molecule has 2 aliphatic rings. The third kappa shape index (κ3) is 1.83. The Morgan fingerprint density at radius 2 is 1.55 bits per heavy atom. The number of fused-ring (bicyclic) bond motifs is 2. The summed E-state index contributed by atoms with van der Waals surface area (Å²) in [5.41, 5.74) is 7.35. The van der Waals surface area contributed by atoms with Gasteiger partial charge in [-0.25, -0.2) is 0 Å². The van der Waals surface area contributed by atoms with Gasteiger partial charge < -0.3 is 9.80 Å². The second-order valence-corrected chi connectivity index (χ2v) is 5.94. The van der Waals surface area contributed by atoms with Crippen molar-refractivity contribution in [2.45, 2.75) is 19.4 Å². The summed E-state index contributed by atoms with van der Waals surface area (Å²) in [6.45, 7) is 3.25. The van der Waals surface area contributed by atoms with Gasteiger partial charge in [-0.1, -0.05) is 36.4 Å². The van der Waals surface area contributed by atoms with Crippen LogP contribution in [0.2, 0.25) is 0 Å². The molecule has 2 nitrogen and oxygen atoms in total. The highest BCUT2D eigenvalue weighted by molar-refractivity contribution is 5.74. The molecule has 0 radical (unpaired) electrons. The molecule has 0 fully saturated rings. The smallest absolute Gasteiger partial charge is 0.0489 e. The van der Waals surface area contributed by atoms with Crippen molar-refractivity contribution in [2.75, 3.05) is 25.0 Å². The highest BCUT2D eigenvalue weighted by atomic mass is 15.2. The zero-order valence-electron chi connectivity index (χ0n) is 12.0. The number of hydrogen-bond donors (Lipinski definition) is 0. The summed E-state index contributed by atoms with van der Waals surface area (Å²) in [4.78, 5) is 4.98. The Hall–Kier alpha value is -1.80. The Balaban J connectivity index is 1.95. The maximum absolute atomic E-state index is 2.55. The summed E-state index contributed by atoms with van der Waals surface area (Å²) in [6, 6.07) is 15.7. The molecule has 2 heteroatoms. The van der Waals surface area contributed by atoms with Crippen LogP contribution in [0.5, 0.6) is 0 Å². The molecule has 2 aliphatic heterocycles. The van der Waals surface area contributed by atoms with Gasteiger partial charge in [-0.15, -0.1) is 0 Å². The maximum Gasteiger partial charge on any atom is 0.0489 e.